The van der Waals surface area contributed by atoms with Gasteiger partial charge in [0.1, 0.15) is 5.82 Å². The number of fused-ring (bicyclic) bond motifs is 1. The largest absolute Gasteiger partial charge is 0.464 e. The fourth-order valence-electron chi connectivity index (χ4n) is 2.83. The second kappa shape index (κ2) is 5.88. The third-order valence-electron chi connectivity index (χ3n) is 4.13. The first-order chi connectivity index (χ1) is 10.6. The fourth-order valence-corrected chi connectivity index (χ4v) is 2.83. The normalized spacial score (nSPS) is 24.9. The first kappa shape index (κ1) is 14.7. The van der Waals surface area contributed by atoms with Crippen molar-refractivity contribution in [2.45, 2.75) is 18.6 Å². The van der Waals surface area contributed by atoms with Crippen LogP contribution in [0.5, 0.6) is 0 Å². The van der Waals surface area contributed by atoms with Gasteiger partial charge in [0.05, 0.1) is 44.7 Å². The molecule has 0 N–H and O–H groups in total. The van der Waals surface area contributed by atoms with Crippen LogP contribution in [-0.2, 0) is 14.3 Å². The summed E-state index contributed by atoms with van der Waals surface area (Å²) in [5.41, 5.74) is 0.170. The number of carbonyl (C=O) groups is 2. The van der Waals surface area contributed by atoms with Crippen LogP contribution in [0, 0.1) is 0 Å². The lowest BCUT2D eigenvalue weighted by Gasteiger charge is -2.25. The molecular weight excluding hydrogens is 288 g/mol. The van der Waals surface area contributed by atoms with Crippen LogP contribution in [0.2, 0.25) is 0 Å². The second-order valence-corrected chi connectivity index (χ2v) is 5.39. The van der Waals surface area contributed by atoms with E-state index in [1.807, 2.05) is 11.9 Å². The van der Waals surface area contributed by atoms with Gasteiger partial charge in [0, 0.05) is 20.1 Å². The summed E-state index contributed by atoms with van der Waals surface area (Å²) in [6, 6.07) is 0.0112. The Hall–Kier alpha value is -2.22. The highest BCUT2D eigenvalue weighted by Gasteiger charge is 2.40. The van der Waals surface area contributed by atoms with E-state index in [0.717, 1.165) is 0 Å². The number of methoxy groups -OCH3 is 1. The zero-order valence-corrected chi connectivity index (χ0v) is 12.6. The molecule has 0 saturated carbocycles. The summed E-state index contributed by atoms with van der Waals surface area (Å²) in [4.78, 5) is 35.4. The number of hydrogen-bond donors (Lipinski definition) is 0. The summed E-state index contributed by atoms with van der Waals surface area (Å²) in [7, 11) is 3.11. The predicted octanol–water partition coefficient (Wildman–Crippen LogP) is -0.301. The first-order valence-corrected chi connectivity index (χ1v) is 7.12. The molecule has 0 spiro atoms. The molecular formula is C14H18N4O4. The summed E-state index contributed by atoms with van der Waals surface area (Å²) in [5.74, 6) is 0.242. The summed E-state index contributed by atoms with van der Waals surface area (Å²) >= 11 is 0. The van der Waals surface area contributed by atoms with Crippen LogP contribution >= 0.6 is 0 Å². The Morgan fingerprint density at radius 3 is 2.86 bits per heavy atom. The van der Waals surface area contributed by atoms with E-state index in [0.29, 0.717) is 31.9 Å². The topological polar surface area (TPSA) is 84.9 Å². The van der Waals surface area contributed by atoms with Crippen LogP contribution in [0.25, 0.3) is 0 Å². The lowest BCUT2D eigenvalue weighted by Crippen LogP contribution is -2.42. The number of carbonyl (C=O) groups excluding carboxylic acids is 2. The number of anilines is 1. The van der Waals surface area contributed by atoms with Crippen LogP contribution in [-0.4, -0.2) is 72.7 Å². The molecule has 3 heterocycles. The molecule has 2 atom stereocenters. The minimum atomic E-state index is -0.515. The van der Waals surface area contributed by atoms with E-state index < -0.39 is 5.97 Å². The van der Waals surface area contributed by atoms with Gasteiger partial charge in [0.25, 0.3) is 0 Å². The molecule has 118 valence electrons. The Morgan fingerprint density at radius 1 is 1.36 bits per heavy atom. The number of hydrogen-bond acceptors (Lipinski definition) is 7. The molecule has 8 nitrogen and oxygen atoms in total. The van der Waals surface area contributed by atoms with Gasteiger partial charge < -0.3 is 19.3 Å². The third kappa shape index (κ3) is 2.61. The van der Waals surface area contributed by atoms with E-state index in [1.165, 1.54) is 13.3 Å². The number of esters is 1. The van der Waals surface area contributed by atoms with Crippen molar-refractivity contribution in [3.8, 4) is 0 Å². The van der Waals surface area contributed by atoms with Gasteiger partial charge in [-0.3, -0.25) is 4.79 Å². The molecule has 1 aromatic rings. The minimum Gasteiger partial charge on any atom is -0.464 e. The molecule has 0 aliphatic carbocycles. The molecule has 2 saturated heterocycles. The zero-order chi connectivity index (χ0) is 15.7. The quantitative estimate of drug-likeness (QED) is 0.693. The predicted molar refractivity (Wildman–Crippen MR) is 76.5 cm³/mol. The molecule has 3 rings (SSSR count). The standard InChI is InChI=1S/C14H18N4O4/c1-17-10-7-18(8-11(10)22-4-3-13(17)19)12-6-15-9(5-16-12)14(20)21-2/h5-6,10-11H,3-4,7-8H2,1-2H3/t10-,11-/m0/s1. The molecule has 0 bridgehead atoms. The Morgan fingerprint density at radius 2 is 2.18 bits per heavy atom. The van der Waals surface area contributed by atoms with Crippen molar-refractivity contribution in [1.82, 2.24) is 14.9 Å². The SMILES string of the molecule is COC(=O)c1cnc(N2C[C@@H]3OCCC(=O)N(C)[C@H]3C2)cn1. The number of rotatable bonds is 2. The molecule has 8 heteroatoms. The first-order valence-electron chi connectivity index (χ1n) is 7.12. The average molecular weight is 306 g/mol. The number of ether oxygens (including phenoxy) is 2. The molecule has 2 fully saturated rings. The summed E-state index contributed by atoms with van der Waals surface area (Å²) in [6.45, 7) is 1.73. The highest BCUT2D eigenvalue weighted by atomic mass is 16.5. The summed E-state index contributed by atoms with van der Waals surface area (Å²) in [6.07, 6.45) is 3.33. The van der Waals surface area contributed by atoms with Crippen LogP contribution in [0.15, 0.2) is 12.4 Å². The Bertz CT molecular complexity index is 577. The van der Waals surface area contributed by atoms with Crippen molar-refractivity contribution in [1.29, 1.82) is 0 Å². The van der Waals surface area contributed by atoms with E-state index in [-0.39, 0.29) is 23.7 Å². The van der Waals surface area contributed by atoms with Gasteiger partial charge in [-0.15, -0.1) is 0 Å². The number of likely N-dealkylation sites (N-methyl/N-ethyl adjacent to an activating group) is 1. The van der Waals surface area contributed by atoms with Crippen molar-refractivity contribution in [3.63, 3.8) is 0 Å². The summed E-state index contributed by atoms with van der Waals surface area (Å²) < 4.78 is 10.4. The molecule has 0 radical (unpaired) electrons. The van der Waals surface area contributed by atoms with E-state index in [9.17, 15) is 9.59 Å². The molecule has 0 unspecified atom stereocenters. The van der Waals surface area contributed by atoms with Gasteiger partial charge in [-0.2, -0.15) is 0 Å². The van der Waals surface area contributed by atoms with Crippen LogP contribution < -0.4 is 4.90 Å². The zero-order valence-electron chi connectivity index (χ0n) is 12.6. The monoisotopic (exact) mass is 306 g/mol. The van der Waals surface area contributed by atoms with Gasteiger partial charge in [-0.25, -0.2) is 14.8 Å². The highest BCUT2D eigenvalue weighted by molar-refractivity contribution is 5.86. The maximum absolute atomic E-state index is 11.9. The average Bonchev–Trinajstić information content (AvgIpc) is 2.92. The molecule has 1 amide bonds. The van der Waals surface area contributed by atoms with Crippen molar-refractivity contribution in [2.75, 3.05) is 38.8 Å². The van der Waals surface area contributed by atoms with E-state index in [1.54, 1.807) is 11.1 Å². The van der Waals surface area contributed by atoms with E-state index in [2.05, 4.69) is 14.7 Å². The van der Waals surface area contributed by atoms with Gasteiger partial charge in [0.2, 0.25) is 5.91 Å². The fraction of sp³-hybridized carbons (Fsp3) is 0.571. The highest BCUT2D eigenvalue weighted by Crippen LogP contribution is 2.25. The Balaban J connectivity index is 1.74. The Kier molecular flexibility index (Phi) is 3.93. The number of aromatic nitrogens is 2. The number of amides is 1. The smallest absolute Gasteiger partial charge is 0.358 e. The molecule has 0 aromatic carbocycles. The number of nitrogens with zero attached hydrogens (tertiary/aromatic N) is 4. The molecule has 22 heavy (non-hydrogen) atoms. The third-order valence-corrected chi connectivity index (χ3v) is 4.13. The lowest BCUT2D eigenvalue weighted by atomic mass is 10.2. The lowest BCUT2D eigenvalue weighted by molar-refractivity contribution is -0.130. The molecule has 2 aliphatic rings. The van der Waals surface area contributed by atoms with Gasteiger partial charge >= 0.3 is 5.97 Å². The maximum atomic E-state index is 11.9. The van der Waals surface area contributed by atoms with Crippen molar-refractivity contribution in [2.24, 2.45) is 0 Å². The van der Waals surface area contributed by atoms with Gasteiger partial charge in [-0.1, -0.05) is 0 Å². The molecule has 2 aliphatic heterocycles. The van der Waals surface area contributed by atoms with E-state index >= 15 is 0 Å². The van der Waals surface area contributed by atoms with Crippen LogP contribution in [0.3, 0.4) is 0 Å². The van der Waals surface area contributed by atoms with Crippen molar-refractivity contribution in [3.05, 3.63) is 18.1 Å². The van der Waals surface area contributed by atoms with Gasteiger partial charge in [0.15, 0.2) is 5.69 Å². The Labute approximate surface area is 128 Å². The summed E-state index contributed by atoms with van der Waals surface area (Å²) in [5, 5.41) is 0. The van der Waals surface area contributed by atoms with Crippen molar-refractivity contribution >= 4 is 17.7 Å². The van der Waals surface area contributed by atoms with Crippen LogP contribution in [0.1, 0.15) is 16.9 Å². The molecule has 1 aromatic heterocycles. The maximum Gasteiger partial charge on any atom is 0.358 e. The van der Waals surface area contributed by atoms with Crippen molar-refractivity contribution < 1.29 is 19.1 Å². The second-order valence-electron chi connectivity index (χ2n) is 5.39. The van der Waals surface area contributed by atoms with E-state index in [4.69, 9.17) is 4.74 Å². The minimum absolute atomic E-state index is 0.0112. The van der Waals surface area contributed by atoms with Crippen LogP contribution in [0.4, 0.5) is 5.82 Å². The van der Waals surface area contributed by atoms with Gasteiger partial charge in [-0.05, 0) is 0 Å².